The zero-order chi connectivity index (χ0) is 9.84. The van der Waals surface area contributed by atoms with E-state index in [0.717, 1.165) is 5.03 Å². The lowest BCUT2D eigenvalue weighted by Gasteiger charge is -2.00. The summed E-state index contributed by atoms with van der Waals surface area (Å²) in [6.07, 6.45) is 1.80. The highest BCUT2D eigenvalue weighted by molar-refractivity contribution is 9.10. The molecule has 0 saturated carbocycles. The monoisotopic (exact) mass is 262 g/mol. The van der Waals surface area contributed by atoms with Crippen molar-refractivity contribution in [1.29, 1.82) is 0 Å². The molecule has 6 heteroatoms. The van der Waals surface area contributed by atoms with Gasteiger partial charge in [0.25, 0.3) is 0 Å². The van der Waals surface area contributed by atoms with E-state index in [1.807, 2.05) is 6.26 Å². The Kier molecular flexibility index (Phi) is 3.68. The fourth-order valence-electron chi connectivity index (χ4n) is 0.792. The van der Waals surface area contributed by atoms with Gasteiger partial charge in [-0.1, -0.05) is 0 Å². The van der Waals surface area contributed by atoms with Crippen molar-refractivity contribution in [1.82, 2.24) is 9.97 Å². The summed E-state index contributed by atoms with van der Waals surface area (Å²) < 4.78 is 0.426. The Morgan fingerprint density at radius 3 is 2.92 bits per heavy atom. The smallest absolute Gasteiger partial charge is 0.309 e. The van der Waals surface area contributed by atoms with Gasteiger partial charge in [0.1, 0.15) is 5.03 Å². The zero-order valence-electron chi connectivity index (χ0n) is 6.82. The van der Waals surface area contributed by atoms with Crippen molar-refractivity contribution >= 4 is 33.7 Å². The molecule has 0 saturated heterocycles. The Balaban J connectivity index is 2.94. The first-order valence-corrected chi connectivity index (χ1v) is 5.43. The Bertz CT molecular complexity index is 332. The number of aromatic nitrogens is 2. The number of carboxylic acids is 1. The molecule has 70 valence electrons. The highest BCUT2D eigenvalue weighted by atomic mass is 79.9. The molecule has 1 rings (SSSR count). The van der Waals surface area contributed by atoms with Gasteiger partial charge in [0.15, 0.2) is 4.73 Å². The minimum absolute atomic E-state index is 0.0747. The number of carbonyl (C=O) groups is 1. The van der Waals surface area contributed by atoms with Crippen LogP contribution in [0.5, 0.6) is 0 Å². The molecule has 0 radical (unpaired) electrons. The van der Waals surface area contributed by atoms with Crippen LogP contribution in [0, 0.1) is 0 Å². The van der Waals surface area contributed by atoms with E-state index in [-0.39, 0.29) is 6.42 Å². The van der Waals surface area contributed by atoms with Crippen molar-refractivity contribution in [3.05, 3.63) is 16.5 Å². The zero-order valence-corrected chi connectivity index (χ0v) is 9.22. The number of thioether (sulfide) groups is 1. The lowest BCUT2D eigenvalue weighted by atomic mass is 10.3. The van der Waals surface area contributed by atoms with Crippen molar-refractivity contribution in [2.45, 2.75) is 11.4 Å². The van der Waals surface area contributed by atoms with Crippen LogP contribution in [0.15, 0.2) is 15.8 Å². The molecule has 1 aromatic rings. The second kappa shape index (κ2) is 4.57. The summed E-state index contributed by atoms with van der Waals surface area (Å²) in [5.74, 6) is -0.891. The van der Waals surface area contributed by atoms with Crippen LogP contribution in [-0.2, 0) is 11.2 Å². The van der Waals surface area contributed by atoms with Crippen LogP contribution < -0.4 is 0 Å². The summed E-state index contributed by atoms with van der Waals surface area (Å²) in [7, 11) is 0. The molecule has 1 N–H and O–H groups in total. The predicted octanol–water partition coefficient (Wildman–Crippen LogP) is 1.59. The molecular weight excluding hydrogens is 256 g/mol. The number of carboxylic acid groups (broad SMARTS) is 1. The average molecular weight is 263 g/mol. The molecule has 0 atom stereocenters. The standard InChI is InChI=1S/C7H7BrN2O2S/c1-13-5-2-4(3-6(11)12)9-7(8)10-5/h2H,3H2,1H3,(H,11,12). The number of hydrogen-bond donors (Lipinski definition) is 1. The summed E-state index contributed by atoms with van der Waals surface area (Å²) in [6.45, 7) is 0. The molecule has 0 bridgehead atoms. The third-order valence-corrected chi connectivity index (χ3v) is 2.25. The van der Waals surface area contributed by atoms with E-state index in [9.17, 15) is 4.79 Å². The molecule has 0 amide bonds. The lowest BCUT2D eigenvalue weighted by molar-refractivity contribution is -0.136. The number of aliphatic carboxylic acids is 1. The van der Waals surface area contributed by atoms with Crippen molar-refractivity contribution in [2.75, 3.05) is 6.26 Å². The fraction of sp³-hybridized carbons (Fsp3) is 0.286. The Morgan fingerprint density at radius 2 is 2.38 bits per heavy atom. The van der Waals surface area contributed by atoms with Crippen LogP contribution in [0.4, 0.5) is 0 Å². The summed E-state index contributed by atoms with van der Waals surface area (Å²) in [5, 5.41) is 9.30. The molecule has 0 unspecified atom stereocenters. The summed E-state index contributed by atoms with van der Waals surface area (Å²) >= 11 is 4.57. The lowest BCUT2D eigenvalue weighted by Crippen LogP contribution is -2.03. The van der Waals surface area contributed by atoms with Gasteiger partial charge in [-0.05, 0) is 28.3 Å². The van der Waals surface area contributed by atoms with Gasteiger partial charge in [-0.2, -0.15) is 0 Å². The average Bonchev–Trinajstić information content (AvgIpc) is 2.01. The normalized spacial score (nSPS) is 10.0. The molecule has 0 aliphatic rings. The number of nitrogens with zero attached hydrogens (tertiary/aromatic N) is 2. The van der Waals surface area contributed by atoms with Gasteiger partial charge in [0, 0.05) is 0 Å². The maximum absolute atomic E-state index is 10.4. The van der Waals surface area contributed by atoms with Gasteiger partial charge < -0.3 is 5.11 Å². The van der Waals surface area contributed by atoms with Gasteiger partial charge in [0.2, 0.25) is 0 Å². The molecule has 1 heterocycles. The summed E-state index contributed by atoms with van der Waals surface area (Å²) in [6, 6.07) is 1.67. The highest BCUT2D eigenvalue weighted by Crippen LogP contribution is 2.15. The minimum atomic E-state index is -0.891. The van der Waals surface area contributed by atoms with Gasteiger partial charge in [0.05, 0.1) is 12.1 Å². The minimum Gasteiger partial charge on any atom is -0.481 e. The SMILES string of the molecule is CSc1cc(CC(=O)O)nc(Br)n1. The van der Waals surface area contributed by atoms with Crippen LogP contribution in [0.25, 0.3) is 0 Å². The van der Waals surface area contributed by atoms with Gasteiger partial charge in [-0.15, -0.1) is 11.8 Å². The molecule has 13 heavy (non-hydrogen) atoms. The first-order chi connectivity index (χ1) is 6.11. The van der Waals surface area contributed by atoms with E-state index in [1.54, 1.807) is 6.07 Å². The Morgan fingerprint density at radius 1 is 1.69 bits per heavy atom. The first-order valence-electron chi connectivity index (χ1n) is 3.41. The molecule has 4 nitrogen and oxygen atoms in total. The molecule has 0 aliphatic carbocycles. The topological polar surface area (TPSA) is 63.1 Å². The first kappa shape index (κ1) is 10.5. The number of rotatable bonds is 3. The van der Waals surface area contributed by atoms with Crippen LogP contribution in [0.1, 0.15) is 5.69 Å². The van der Waals surface area contributed by atoms with Crippen LogP contribution in [0.3, 0.4) is 0 Å². The van der Waals surface area contributed by atoms with Crippen molar-refractivity contribution in [3.8, 4) is 0 Å². The predicted molar refractivity (Wildman–Crippen MR) is 52.9 cm³/mol. The Labute approximate surface area is 87.9 Å². The largest absolute Gasteiger partial charge is 0.481 e. The maximum Gasteiger partial charge on any atom is 0.309 e. The second-order valence-electron chi connectivity index (χ2n) is 2.24. The molecule has 0 aliphatic heterocycles. The van der Waals surface area contributed by atoms with E-state index < -0.39 is 5.97 Å². The summed E-state index contributed by atoms with van der Waals surface area (Å²) in [5.41, 5.74) is 0.513. The third-order valence-electron chi connectivity index (χ3n) is 1.27. The van der Waals surface area contributed by atoms with E-state index >= 15 is 0 Å². The van der Waals surface area contributed by atoms with Crippen LogP contribution >= 0.6 is 27.7 Å². The molecule has 1 aromatic heterocycles. The van der Waals surface area contributed by atoms with E-state index in [0.29, 0.717) is 10.4 Å². The van der Waals surface area contributed by atoms with Gasteiger partial charge in [-0.25, -0.2) is 9.97 Å². The van der Waals surface area contributed by atoms with E-state index in [1.165, 1.54) is 11.8 Å². The number of halogens is 1. The molecular formula is C7H7BrN2O2S. The summed E-state index contributed by atoms with van der Waals surface area (Å²) in [4.78, 5) is 18.4. The fourth-order valence-corrected chi connectivity index (χ4v) is 1.76. The highest BCUT2D eigenvalue weighted by Gasteiger charge is 2.05. The molecule has 0 fully saturated rings. The van der Waals surface area contributed by atoms with Crippen molar-refractivity contribution in [2.24, 2.45) is 0 Å². The van der Waals surface area contributed by atoms with Crippen LogP contribution in [0.2, 0.25) is 0 Å². The van der Waals surface area contributed by atoms with Gasteiger partial charge >= 0.3 is 5.97 Å². The molecule has 0 spiro atoms. The molecule has 0 aromatic carbocycles. The Hall–Kier alpha value is -0.620. The number of hydrogen-bond acceptors (Lipinski definition) is 4. The third kappa shape index (κ3) is 3.31. The van der Waals surface area contributed by atoms with Gasteiger partial charge in [-0.3, -0.25) is 4.79 Å². The maximum atomic E-state index is 10.4. The van der Waals surface area contributed by atoms with Crippen molar-refractivity contribution in [3.63, 3.8) is 0 Å². The van der Waals surface area contributed by atoms with Crippen LogP contribution in [-0.4, -0.2) is 27.3 Å². The van der Waals surface area contributed by atoms with Crippen molar-refractivity contribution < 1.29 is 9.90 Å². The van der Waals surface area contributed by atoms with E-state index in [2.05, 4.69) is 25.9 Å². The van der Waals surface area contributed by atoms with E-state index in [4.69, 9.17) is 5.11 Å². The quantitative estimate of drug-likeness (QED) is 0.509. The second-order valence-corrected chi connectivity index (χ2v) is 3.78.